The number of aryl methyl sites for hydroxylation is 1. The molecule has 2 aromatic rings. The second kappa shape index (κ2) is 8.44. The molecule has 4 heterocycles. The van der Waals surface area contributed by atoms with Crippen molar-refractivity contribution in [3.05, 3.63) is 27.6 Å². The van der Waals surface area contributed by atoms with Crippen LogP contribution in [0.5, 0.6) is 0 Å². The van der Waals surface area contributed by atoms with E-state index in [-0.39, 0.29) is 5.91 Å². The second-order valence-corrected chi connectivity index (χ2v) is 10.3. The molecule has 0 saturated carbocycles. The lowest BCUT2D eigenvalue weighted by molar-refractivity contribution is 0.0615. The predicted octanol–water partition coefficient (Wildman–Crippen LogP) is 3.05. The summed E-state index contributed by atoms with van der Waals surface area (Å²) in [5.41, 5.74) is 4.45. The second-order valence-electron chi connectivity index (χ2n) is 9.35. The maximum absolute atomic E-state index is 13.6. The first-order chi connectivity index (χ1) is 14.6. The molecule has 0 spiro atoms. The van der Waals surface area contributed by atoms with Crippen molar-refractivity contribution < 1.29 is 4.79 Å². The summed E-state index contributed by atoms with van der Waals surface area (Å²) in [6, 6.07) is 2.62. The van der Waals surface area contributed by atoms with Crippen LogP contribution >= 0.6 is 11.3 Å². The van der Waals surface area contributed by atoms with Crippen molar-refractivity contribution in [1.82, 2.24) is 24.9 Å². The summed E-state index contributed by atoms with van der Waals surface area (Å²) in [7, 11) is 0. The standard InChI is InChI=1S/C23H33N5OS/c1-16(2)15-26-10-12-27(13-11-26)23(29)21-19-3-4-20-18(7-14-30-20)22(19)28(25-21)17-5-8-24-9-6-17/h7,14,16-17,24H,3-6,8-13,15H2,1-2H3. The highest BCUT2D eigenvalue weighted by Gasteiger charge is 2.34. The van der Waals surface area contributed by atoms with Gasteiger partial charge in [-0.3, -0.25) is 14.4 Å². The highest BCUT2D eigenvalue weighted by atomic mass is 32.1. The molecule has 5 rings (SSSR count). The third-order valence-corrected chi connectivity index (χ3v) is 7.73. The van der Waals surface area contributed by atoms with Crippen LogP contribution in [0.3, 0.4) is 0 Å². The molecule has 2 saturated heterocycles. The number of piperidine rings is 1. The number of nitrogens with one attached hydrogen (secondary N) is 1. The van der Waals surface area contributed by atoms with E-state index in [1.165, 1.54) is 21.7 Å². The third kappa shape index (κ3) is 3.72. The highest BCUT2D eigenvalue weighted by Crippen LogP contribution is 2.40. The molecule has 162 valence electrons. The summed E-state index contributed by atoms with van der Waals surface area (Å²) < 4.78 is 2.23. The Balaban J connectivity index is 1.44. The summed E-state index contributed by atoms with van der Waals surface area (Å²) >= 11 is 1.84. The Kier molecular flexibility index (Phi) is 5.69. The Morgan fingerprint density at radius 1 is 1.20 bits per heavy atom. The molecule has 0 bridgehead atoms. The van der Waals surface area contributed by atoms with E-state index in [2.05, 4.69) is 40.2 Å². The zero-order valence-electron chi connectivity index (χ0n) is 18.2. The van der Waals surface area contributed by atoms with Crippen LogP contribution < -0.4 is 5.32 Å². The normalized spacial score (nSPS) is 20.4. The van der Waals surface area contributed by atoms with E-state index in [1.807, 2.05) is 16.2 Å². The molecule has 2 aliphatic heterocycles. The number of amides is 1. The zero-order chi connectivity index (χ0) is 20.7. The maximum atomic E-state index is 13.6. The number of thiophene rings is 1. The average Bonchev–Trinajstić information content (AvgIpc) is 3.38. The summed E-state index contributed by atoms with van der Waals surface area (Å²) in [6.45, 7) is 11.2. The van der Waals surface area contributed by atoms with Crippen molar-refractivity contribution >= 4 is 17.2 Å². The zero-order valence-corrected chi connectivity index (χ0v) is 19.0. The van der Waals surface area contributed by atoms with Gasteiger partial charge in [0.25, 0.3) is 5.91 Å². The number of nitrogens with zero attached hydrogens (tertiary/aromatic N) is 4. The van der Waals surface area contributed by atoms with Crippen molar-refractivity contribution in [3.8, 4) is 11.3 Å². The molecule has 30 heavy (non-hydrogen) atoms. The molecular formula is C23H33N5OS. The fourth-order valence-electron chi connectivity index (χ4n) is 5.26. The number of carbonyl (C=O) groups excluding carboxylic acids is 1. The minimum Gasteiger partial charge on any atom is -0.335 e. The van der Waals surface area contributed by atoms with E-state index in [1.54, 1.807) is 0 Å². The van der Waals surface area contributed by atoms with Gasteiger partial charge in [-0.15, -0.1) is 11.3 Å². The number of hydrogen-bond donors (Lipinski definition) is 1. The third-order valence-electron chi connectivity index (χ3n) is 6.75. The quantitative estimate of drug-likeness (QED) is 0.815. The van der Waals surface area contributed by atoms with Gasteiger partial charge in [0.2, 0.25) is 0 Å². The average molecular weight is 428 g/mol. The van der Waals surface area contributed by atoms with Crippen molar-refractivity contribution in [2.24, 2.45) is 5.92 Å². The van der Waals surface area contributed by atoms with Gasteiger partial charge in [0.15, 0.2) is 5.69 Å². The van der Waals surface area contributed by atoms with Gasteiger partial charge in [-0.1, -0.05) is 13.8 Å². The molecule has 0 aromatic carbocycles. The van der Waals surface area contributed by atoms with E-state index < -0.39 is 0 Å². The fourth-order valence-corrected chi connectivity index (χ4v) is 6.14. The molecule has 0 atom stereocenters. The highest BCUT2D eigenvalue weighted by molar-refractivity contribution is 7.10. The van der Waals surface area contributed by atoms with Gasteiger partial charge in [-0.05, 0) is 56.1 Å². The molecule has 0 unspecified atom stereocenters. The van der Waals surface area contributed by atoms with Crippen molar-refractivity contribution in [3.63, 3.8) is 0 Å². The monoisotopic (exact) mass is 427 g/mol. The van der Waals surface area contributed by atoms with Crippen LogP contribution in [0, 0.1) is 5.92 Å². The molecule has 6 nitrogen and oxygen atoms in total. The summed E-state index contributed by atoms with van der Waals surface area (Å²) in [5.74, 6) is 0.807. The van der Waals surface area contributed by atoms with Crippen LogP contribution in [0.1, 0.15) is 53.7 Å². The molecule has 1 N–H and O–H groups in total. The van der Waals surface area contributed by atoms with Crippen LogP contribution in [-0.4, -0.2) is 71.3 Å². The summed E-state index contributed by atoms with van der Waals surface area (Å²) in [6.07, 6.45) is 4.12. The largest absolute Gasteiger partial charge is 0.335 e. The van der Waals surface area contributed by atoms with Crippen LogP contribution in [0.15, 0.2) is 11.4 Å². The number of fused-ring (bicyclic) bond motifs is 3. The van der Waals surface area contributed by atoms with E-state index in [4.69, 9.17) is 5.10 Å². The smallest absolute Gasteiger partial charge is 0.274 e. The fraction of sp³-hybridized carbons (Fsp3) is 0.652. The van der Waals surface area contributed by atoms with Crippen LogP contribution in [0.4, 0.5) is 0 Å². The van der Waals surface area contributed by atoms with Gasteiger partial charge in [0.1, 0.15) is 0 Å². The van der Waals surface area contributed by atoms with Crippen molar-refractivity contribution in [1.29, 1.82) is 0 Å². The lowest BCUT2D eigenvalue weighted by atomic mass is 9.93. The van der Waals surface area contributed by atoms with E-state index in [0.29, 0.717) is 12.0 Å². The number of rotatable bonds is 4. The van der Waals surface area contributed by atoms with Gasteiger partial charge >= 0.3 is 0 Å². The number of carbonyl (C=O) groups is 1. The predicted molar refractivity (Wildman–Crippen MR) is 121 cm³/mol. The summed E-state index contributed by atoms with van der Waals surface area (Å²) in [4.78, 5) is 19.5. The Morgan fingerprint density at radius 2 is 1.97 bits per heavy atom. The first-order valence-corrected chi connectivity index (χ1v) is 12.4. The molecule has 0 radical (unpaired) electrons. The van der Waals surface area contributed by atoms with Gasteiger partial charge < -0.3 is 10.2 Å². The first kappa shape index (κ1) is 20.2. The van der Waals surface area contributed by atoms with Gasteiger partial charge in [-0.25, -0.2) is 0 Å². The molecule has 2 fully saturated rings. The lowest BCUT2D eigenvalue weighted by Crippen LogP contribution is -2.49. The minimum absolute atomic E-state index is 0.141. The minimum atomic E-state index is 0.141. The topological polar surface area (TPSA) is 53.4 Å². The van der Waals surface area contributed by atoms with Crippen molar-refractivity contribution in [2.75, 3.05) is 45.8 Å². The lowest BCUT2D eigenvalue weighted by Gasteiger charge is -2.35. The molecule has 2 aromatic heterocycles. The van der Waals surface area contributed by atoms with E-state index in [9.17, 15) is 4.79 Å². The first-order valence-electron chi connectivity index (χ1n) is 11.5. The van der Waals surface area contributed by atoms with Gasteiger partial charge in [0.05, 0.1) is 11.7 Å². The Hall–Kier alpha value is -1.70. The molecule has 7 heteroatoms. The van der Waals surface area contributed by atoms with E-state index >= 15 is 0 Å². The van der Waals surface area contributed by atoms with Crippen LogP contribution in [-0.2, 0) is 12.8 Å². The summed E-state index contributed by atoms with van der Waals surface area (Å²) in [5, 5.41) is 10.7. The number of hydrogen-bond acceptors (Lipinski definition) is 5. The SMILES string of the molecule is CC(C)CN1CCN(C(=O)c2nn(C3CCNCC3)c3c2CCc2sccc2-3)CC1. The van der Waals surface area contributed by atoms with Crippen molar-refractivity contribution in [2.45, 2.75) is 45.6 Å². The number of aromatic nitrogens is 2. The molecule has 1 amide bonds. The Labute approximate surface area is 183 Å². The van der Waals surface area contributed by atoms with Crippen LogP contribution in [0.2, 0.25) is 0 Å². The van der Waals surface area contributed by atoms with Gasteiger partial charge in [-0.2, -0.15) is 5.10 Å². The molecular weight excluding hydrogens is 394 g/mol. The van der Waals surface area contributed by atoms with E-state index in [0.717, 1.165) is 77.2 Å². The Bertz CT molecular complexity index is 903. The Morgan fingerprint density at radius 3 is 2.70 bits per heavy atom. The van der Waals surface area contributed by atoms with Crippen LogP contribution in [0.25, 0.3) is 11.3 Å². The molecule has 1 aliphatic carbocycles. The van der Waals surface area contributed by atoms with Gasteiger partial charge in [0, 0.05) is 48.7 Å². The number of piperazine rings is 1. The molecule has 3 aliphatic rings. The maximum Gasteiger partial charge on any atom is 0.274 e.